The molecule has 0 aliphatic heterocycles. The van der Waals surface area contributed by atoms with Gasteiger partial charge in [0, 0.05) is 13.1 Å². The summed E-state index contributed by atoms with van der Waals surface area (Å²) < 4.78 is 5.42. The highest BCUT2D eigenvalue weighted by molar-refractivity contribution is 5.22. The van der Waals surface area contributed by atoms with E-state index in [9.17, 15) is 5.11 Å². The van der Waals surface area contributed by atoms with Crippen molar-refractivity contribution in [1.29, 1.82) is 0 Å². The summed E-state index contributed by atoms with van der Waals surface area (Å²) in [4.78, 5) is 2.22. The van der Waals surface area contributed by atoms with E-state index in [1.165, 1.54) is 11.1 Å². The Morgan fingerprint density at radius 3 is 2.70 bits per heavy atom. The molecule has 0 saturated carbocycles. The molecule has 0 aliphatic carbocycles. The molecule has 1 aromatic heterocycles. The van der Waals surface area contributed by atoms with Gasteiger partial charge < -0.3 is 9.52 Å². The largest absolute Gasteiger partial charge is 0.468 e. The number of furan rings is 1. The lowest BCUT2D eigenvalue weighted by molar-refractivity contribution is 0.0974. The van der Waals surface area contributed by atoms with Crippen molar-refractivity contribution in [3.63, 3.8) is 0 Å². The number of aliphatic hydroxyl groups is 1. The first-order valence-corrected chi connectivity index (χ1v) is 7.15. The van der Waals surface area contributed by atoms with Crippen LogP contribution in [0.25, 0.3) is 0 Å². The Hall–Kier alpha value is -1.58. The number of aliphatic hydroxyl groups excluding tert-OH is 1. The van der Waals surface area contributed by atoms with E-state index in [-0.39, 0.29) is 6.10 Å². The van der Waals surface area contributed by atoms with Crippen LogP contribution in [0, 0.1) is 6.92 Å². The lowest BCUT2D eigenvalue weighted by Crippen LogP contribution is -2.31. The highest BCUT2D eigenvalue weighted by Gasteiger charge is 2.13. The predicted octanol–water partition coefficient (Wildman–Crippen LogP) is 3.36. The van der Waals surface area contributed by atoms with Gasteiger partial charge in [0.25, 0.3) is 0 Å². The summed E-state index contributed by atoms with van der Waals surface area (Å²) in [6.45, 7) is 6.30. The van der Waals surface area contributed by atoms with Crippen molar-refractivity contribution in [2.45, 2.75) is 39.5 Å². The van der Waals surface area contributed by atoms with Crippen LogP contribution in [0.1, 0.15) is 30.2 Å². The van der Waals surface area contributed by atoms with Crippen molar-refractivity contribution >= 4 is 0 Å². The Morgan fingerprint density at radius 2 is 2.05 bits per heavy atom. The predicted molar refractivity (Wildman–Crippen MR) is 80.3 cm³/mol. The summed E-state index contributed by atoms with van der Waals surface area (Å²) in [6.07, 6.45) is 2.16. The molecule has 1 N–H and O–H groups in total. The minimum Gasteiger partial charge on any atom is -0.468 e. The van der Waals surface area contributed by atoms with Gasteiger partial charge in [-0.1, -0.05) is 36.8 Å². The molecule has 0 saturated heterocycles. The van der Waals surface area contributed by atoms with Crippen LogP contribution in [0.4, 0.5) is 0 Å². The van der Waals surface area contributed by atoms with E-state index in [2.05, 4.69) is 36.1 Å². The molecule has 0 bridgehead atoms. The van der Waals surface area contributed by atoms with Crippen molar-refractivity contribution < 1.29 is 9.52 Å². The van der Waals surface area contributed by atoms with E-state index in [1.807, 2.05) is 19.1 Å². The van der Waals surface area contributed by atoms with E-state index in [0.717, 1.165) is 25.3 Å². The molecule has 0 aliphatic rings. The minimum atomic E-state index is -0.297. The fourth-order valence-electron chi connectivity index (χ4n) is 2.30. The van der Waals surface area contributed by atoms with Gasteiger partial charge in [-0.15, -0.1) is 0 Å². The van der Waals surface area contributed by atoms with Gasteiger partial charge in [-0.2, -0.15) is 0 Å². The number of aryl methyl sites for hydroxylation is 1. The van der Waals surface area contributed by atoms with Gasteiger partial charge in [-0.25, -0.2) is 0 Å². The molecule has 3 heteroatoms. The second-order valence-corrected chi connectivity index (χ2v) is 5.30. The quantitative estimate of drug-likeness (QED) is 0.840. The molecular weight excluding hydrogens is 250 g/mol. The minimum absolute atomic E-state index is 0.297. The highest BCUT2D eigenvalue weighted by Crippen LogP contribution is 2.13. The molecule has 0 radical (unpaired) electrons. The molecule has 2 aromatic rings. The van der Waals surface area contributed by atoms with E-state index < -0.39 is 0 Å². The molecule has 20 heavy (non-hydrogen) atoms. The molecule has 1 heterocycles. The third-order valence-corrected chi connectivity index (χ3v) is 3.39. The van der Waals surface area contributed by atoms with Crippen LogP contribution in [-0.4, -0.2) is 22.7 Å². The summed E-state index contributed by atoms with van der Waals surface area (Å²) >= 11 is 0. The van der Waals surface area contributed by atoms with Gasteiger partial charge >= 0.3 is 0 Å². The normalized spacial score (nSPS) is 12.8. The fourth-order valence-corrected chi connectivity index (χ4v) is 2.30. The Morgan fingerprint density at radius 1 is 1.20 bits per heavy atom. The Kier molecular flexibility index (Phi) is 5.39. The van der Waals surface area contributed by atoms with Gasteiger partial charge in [-0.05, 0) is 31.0 Å². The van der Waals surface area contributed by atoms with Gasteiger partial charge in [-0.3, -0.25) is 4.90 Å². The Bertz CT molecular complexity index is 507. The van der Waals surface area contributed by atoms with Crippen molar-refractivity contribution in [3.8, 4) is 0 Å². The topological polar surface area (TPSA) is 36.6 Å². The zero-order valence-corrected chi connectivity index (χ0v) is 12.2. The number of nitrogens with zero attached hydrogens (tertiary/aromatic N) is 1. The SMILES string of the molecule is CCC(O)CN(Cc1cccc(C)c1)Cc1ccco1. The number of rotatable bonds is 7. The van der Waals surface area contributed by atoms with Crippen LogP contribution in [-0.2, 0) is 13.1 Å². The number of benzene rings is 1. The first kappa shape index (κ1) is 14.8. The molecular formula is C17H23NO2. The molecule has 108 valence electrons. The third kappa shape index (κ3) is 4.51. The molecule has 2 rings (SSSR count). The first-order chi connectivity index (χ1) is 9.67. The lowest BCUT2D eigenvalue weighted by Gasteiger charge is -2.24. The van der Waals surface area contributed by atoms with Crippen LogP contribution >= 0.6 is 0 Å². The maximum atomic E-state index is 9.92. The van der Waals surface area contributed by atoms with E-state index in [0.29, 0.717) is 6.54 Å². The monoisotopic (exact) mass is 273 g/mol. The zero-order valence-electron chi connectivity index (χ0n) is 12.2. The van der Waals surface area contributed by atoms with Crippen LogP contribution < -0.4 is 0 Å². The molecule has 3 nitrogen and oxygen atoms in total. The molecule has 0 amide bonds. The van der Waals surface area contributed by atoms with Gasteiger partial charge in [0.2, 0.25) is 0 Å². The maximum Gasteiger partial charge on any atom is 0.117 e. The summed E-state index contributed by atoms with van der Waals surface area (Å²) in [5.74, 6) is 0.931. The molecule has 1 aromatic carbocycles. The third-order valence-electron chi connectivity index (χ3n) is 3.39. The van der Waals surface area contributed by atoms with E-state index in [4.69, 9.17) is 4.42 Å². The Balaban J connectivity index is 2.05. The molecule has 1 unspecified atom stereocenters. The lowest BCUT2D eigenvalue weighted by atomic mass is 10.1. The fraction of sp³-hybridized carbons (Fsp3) is 0.412. The first-order valence-electron chi connectivity index (χ1n) is 7.15. The van der Waals surface area contributed by atoms with Crippen molar-refractivity contribution in [2.24, 2.45) is 0 Å². The number of hydrogen-bond donors (Lipinski definition) is 1. The second kappa shape index (κ2) is 7.27. The smallest absolute Gasteiger partial charge is 0.117 e. The standard InChI is InChI=1S/C17H23NO2/c1-3-16(19)12-18(13-17-8-5-9-20-17)11-15-7-4-6-14(2)10-15/h4-10,16,19H,3,11-13H2,1-2H3. The molecule has 0 fully saturated rings. The molecule has 0 spiro atoms. The van der Waals surface area contributed by atoms with E-state index in [1.54, 1.807) is 6.26 Å². The van der Waals surface area contributed by atoms with Crippen molar-refractivity contribution in [1.82, 2.24) is 4.90 Å². The van der Waals surface area contributed by atoms with Gasteiger partial charge in [0.15, 0.2) is 0 Å². The maximum absolute atomic E-state index is 9.92. The summed E-state index contributed by atoms with van der Waals surface area (Å²) in [5.41, 5.74) is 2.52. The van der Waals surface area contributed by atoms with Crippen LogP contribution in [0.5, 0.6) is 0 Å². The van der Waals surface area contributed by atoms with E-state index >= 15 is 0 Å². The van der Waals surface area contributed by atoms with Crippen LogP contribution in [0.3, 0.4) is 0 Å². The average Bonchev–Trinajstić information content (AvgIpc) is 2.91. The summed E-state index contributed by atoms with van der Waals surface area (Å²) in [6, 6.07) is 12.4. The summed E-state index contributed by atoms with van der Waals surface area (Å²) in [7, 11) is 0. The van der Waals surface area contributed by atoms with Crippen LogP contribution in [0.15, 0.2) is 47.1 Å². The zero-order chi connectivity index (χ0) is 14.4. The van der Waals surface area contributed by atoms with Gasteiger partial charge in [0.05, 0.1) is 18.9 Å². The van der Waals surface area contributed by atoms with Crippen molar-refractivity contribution in [3.05, 3.63) is 59.5 Å². The molecule has 1 atom stereocenters. The second-order valence-electron chi connectivity index (χ2n) is 5.30. The summed E-state index contributed by atoms with van der Waals surface area (Å²) in [5, 5.41) is 9.92. The van der Waals surface area contributed by atoms with Gasteiger partial charge in [0.1, 0.15) is 5.76 Å². The van der Waals surface area contributed by atoms with Crippen LogP contribution in [0.2, 0.25) is 0 Å². The average molecular weight is 273 g/mol. The number of hydrogen-bond acceptors (Lipinski definition) is 3. The Labute approximate surface area is 120 Å². The highest BCUT2D eigenvalue weighted by atomic mass is 16.3. The van der Waals surface area contributed by atoms with Crippen molar-refractivity contribution in [2.75, 3.05) is 6.54 Å².